The molecule has 0 aliphatic carbocycles. The van der Waals surface area contributed by atoms with E-state index in [-0.39, 0.29) is 0 Å². The highest BCUT2D eigenvalue weighted by atomic mass is 32.2. The van der Waals surface area contributed by atoms with Crippen LogP contribution in [0, 0.1) is 0 Å². The van der Waals surface area contributed by atoms with Crippen LogP contribution < -0.4 is 5.32 Å². The van der Waals surface area contributed by atoms with Crippen molar-refractivity contribution >= 4 is 11.8 Å². The van der Waals surface area contributed by atoms with Crippen LogP contribution in [0.5, 0.6) is 0 Å². The SMILES string of the molecule is CCn1cc(C(C)NCCSC)cn1. The van der Waals surface area contributed by atoms with Gasteiger partial charge in [0, 0.05) is 36.6 Å². The van der Waals surface area contributed by atoms with Gasteiger partial charge in [-0.1, -0.05) is 0 Å². The van der Waals surface area contributed by atoms with Crippen molar-refractivity contribution in [1.29, 1.82) is 0 Å². The molecule has 4 heteroatoms. The van der Waals surface area contributed by atoms with Crippen LogP contribution in [0.2, 0.25) is 0 Å². The van der Waals surface area contributed by atoms with Crippen LogP contribution in [0.4, 0.5) is 0 Å². The van der Waals surface area contributed by atoms with Crippen LogP contribution in [0.15, 0.2) is 12.4 Å². The molecule has 0 radical (unpaired) electrons. The molecule has 0 amide bonds. The summed E-state index contributed by atoms with van der Waals surface area (Å²) in [6.45, 7) is 6.27. The normalized spacial score (nSPS) is 13.1. The predicted octanol–water partition coefficient (Wildman–Crippen LogP) is 1.92. The van der Waals surface area contributed by atoms with E-state index in [9.17, 15) is 0 Å². The number of nitrogens with one attached hydrogen (secondary N) is 1. The molecule has 0 aliphatic heterocycles. The van der Waals surface area contributed by atoms with Gasteiger partial charge in [0.1, 0.15) is 0 Å². The molecule has 1 rings (SSSR count). The van der Waals surface area contributed by atoms with Gasteiger partial charge in [0.05, 0.1) is 6.20 Å². The fraction of sp³-hybridized carbons (Fsp3) is 0.700. The monoisotopic (exact) mass is 213 g/mol. The van der Waals surface area contributed by atoms with Gasteiger partial charge in [-0.2, -0.15) is 16.9 Å². The molecule has 0 saturated carbocycles. The third-order valence-corrected chi connectivity index (χ3v) is 2.85. The van der Waals surface area contributed by atoms with Crippen molar-refractivity contribution in [2.24, 2.45) is 0 Å². The summed E-state index contributed by atoms with van der Waals surface area (Å²) in [6, 6.07) is 0.405. The lowest BCUT2D eigenvalue weighted by molar-refractivity contribution is 0.598. The summed E-state index contributed by atoms with van der Waals surface area (Å²) in [5.41, 5.74) is 1.27. The van der Waals surface area contributed by atoms with Crippen LogP contribution in [-0.2, 0) is 6.54 Å². The van der Waals surface area contributed by atoms with Gasteiger partial charge in [-0.15, -0.1) is 0 Å². The topological polar surface area (TPSA) is 29.9 Å². The van der Waals surface area contributed by atoms with E-state index in [2.05, 4.69) is 36.7 Å². The lowest BCUT2D eigenvalue weighted by Gasteiger charge is -2.10. The second-order valence-corrected chi connectivity index (χ2v) is 4.28. The Kier molecular flexibility index (Phi) is 5.04. The quantitative estimate of drug-likeness (QED) is 0.732. The summed E-state index contributed by atoms with van der Waals surface area (Å²) in [5.74, 6) is 1.16. The minimum atomic E-state index is 0.405. The number of aryl methyl sites for hydroxylation is 1. The van der Waals surface area contributed by atoms with Gasteiger partial charge >= 0.3 is 0 Å². The Labute approximate surface area is 90.3 Å². The van der Waals surface area contributed by atoms with Crippen molar-refractivity contribution in [2.45, 2.75) is 26.4 Å². The molecule has 1 heterocycles. The van der Waals surface area contributed by atoms with Gasteiger partial charge in [0.25, 0.3) is 0 Å². The number of hydrogen-bond acceptors (Lipinski definition) is 3. The average Bonchev–Trinajstić information content (AvgIpc) is 2.66. The highest BCUT2D eigenvalue weighted by Gasteiger charge is 2.05. The maximum Gasteiger partial charge on any atom is 0.0537 e. The number of hydrogen-bond donors (Lipinski definition) is 1. The Bertz CT molecular complexity index is 260. The van der Waals surface area contributed by atoms with E-state index in [1.165, 1.54) is 5.56 Å². The number of nitrogens with zero attached hydrogens (tertiary/aromatic N) is 2. The highest BCUT2D eigenvalue weighted by molar-refractivity contribution is 7.98. The fourth-order valence-corrected chi connectivity index (χ4v) is 1.59. The van der Waals surface area contributed by atoms with Crippen molar-refractivity contribution < 1.29 is 0 Å². The molecule has 1 atom stereocenters. The van der Waals surface area contributed by atoms with Crippen LogP contribution in [-0.4, -0.2) is 28.3 Å². The summed E-state index contributed by atoms with van der Waals surface area (Å²) in [6.07, 6.45) is 6.18. The first-order chi connectivity index (χ1) is 6.77. The molecule has 1 N–H and O–H groups in total. The minimum absolute atomic E-state index is 0.405. The van der Waals surface area contributed by atoms with Crippen molar-refractivity contribution in [3.63, 3.8) is 0 Å². The molecule has 80 valence electrons. The predicted molar refractivity (Wildman–Crippen MR) is 62.7 cm³/mol. The Balaban J connectivity index is 2.39. The van der Waals surface area contributed by atoms with E-state index >= 15 is 0 Å². The minimum Gasteiger partial charge on any atom is -0.309 e. The van der Waals surface area contributed by atoms with E-state index in [0.29, 0.717) is 6.04 Å². The zero-order valence-electron chi connectivity index (χ0n) is 9.16. The number of thioether (sulfide) groups is 1. The molecule has 1 aromatic heterocycles. The van der Waals surface area contributed by atoms with E-state index < -0.39 is 0 Å². The van der Waals surface area contributed by atoms with Crippen LogP contribution in [0.1, 0.15) is 25.5 Å². The zero-order valence-corrected chi connectivity index (χ0v) is 9.97. The molecule has 0 saturated heterocycles. The van der Waals surface area contributed by atoms with Crippen molar-refractivity contribution in [3.05, 3.63) is 18.0 Å². The summed E-state index contributed by atoms with van der Waals surface area (Å²) < 4.78 is 1.96. The average molecular weight is 213 g/mol. The Morgan fingerprint density at radius 1 is 1.64 bits per heavy atom. The molecule has 0 bridgehead atoms. The first-order valence-corrected chi connectivity index (χ1v) is 6.42. The van der Waals surface area contributed by atoms with Gasteiger partial charge in [0.15, 0.2) is 0 Å². The fourth-order valence-electron chi connectivity index (χ4n) is 1.27. The molecule has 0 fully saturated rings. The molecular formula is C10H19N3S. The molecule has 0 aliphatic rings. The molecule has 3 nitrogen and oxygen atoms in total. The maximum absolute atomic E-state index is 4.26. The maximum atomic E-state index is 4.26. The molecule has 0 aromatic carbocycles. The van der Waals surface area contributed by atoms with Crippen molar-refractivity contribution in [2.75, 3.05) is 18.6 Å². The number of rotatable bonds is 6. The Morgan fingerprint density at radius 3 is 3.00 bits per heavy atom. The van der Waals surface area contributed by atoms with Crippen molar-refractivity contribution in [3.8, 4) is 0 Å². The largest absolute Gasteiger partial charge is 0.309 e. The smallest absolute Gasteiger partial charge is 0.0537 e. The first-order valence-electron chi connectivity index (χ1n) is 5.02. The van der Waals surface area contributed by atoms with Gasteiger partial charge in [0.2, 0.25) is 0 Å². The molecule has 1 unspecified atom stereocenters. The second kappa shape index (κ2) is 6.09. The molecule has 0 spiro atoms. The molecular weight excluding hydrogens is 194 g/mol. The van der Waals surface area contributed by atoms with E-state index in [1.54, 1.807) is 0 Å². The third-order valence-electron chi connectivity index (χ3n) is 2.23. The van der Waals surface area contributed by atoms with Gasteiger partial charge < -0.3 is 5.32 Å². The van der Waals surface area contributed by atoms with Crippen LogP contribution >= 0.6 is 11.8 Å². The lowest BCUT2D eigenvalue weighted by atomic mass is 10.2. The third kappa shape index (κ3) is 3.35. The highest BCUT2D eigenvalue weighted by Crippen LogP contribution is 2.10. The Hall–Kier alpha value is -0.480. The second-order valence-electron chi connectivity index (χ2n) is 3.30. The summed E-state index contributed by atoms with van der Waals surface area (Å²) >= 11 is 1.87. The van der Waals surface area contributed by atoms with Crippen molar-refractivity contribution in [1.82, 2.24) is 15.1 Å². The standard InChI is InChI=1S/C10H19N3S/c1-4-13-8-10(7-12-13)9(2)11-5-6-14-3/h7-9,11H,4-6H2,1-3H3. The molecule has 1 aromatic rings. The summed E-state index contributed by atoms with van der Waals surface area (Å²) in [4.78, 5) is 0. The Morgan fingerprint density at radius 2 is 2.43 bits per heavy atom. The van der Waals surface area contributed by atoms with Gasteiger partial charge in [-0.05, 0) is 20.1 Å². The van der Waals surface area contributed by atoms with E-state index in [4.69, 9.17) is 0 Å². The summed E-state index contributed by atoms with van der Waals surface area (Å²) in [7, 11) is 0. The lowest BCUT2D eigenvalue weighted by Crippen LogP contribution is -2.20. The van der Waals surface area contributed by atoms with Crippen LogP contribution in [0.25, 0.3) is 0 Å². The van der Waals surface area contributed by atoms with E-state index in [0.717, 1.165) is 18.8 Å². The summed E-state index contributed by atoms with van der Waals surface area (Å²) in [5, 5.41) is 7.72. The van der Waals surface area contributed by atoms with E-state index in [1.807, 2.05) is 22.6 Å². The van der Waals surface area contributed by atoms with Gasteiger partial charge in [-0.25, -0.2) is 0 Å². The molecule has 14 heavy (non-hydrogen) atoms. The van der Waals surface area contributed by atoms with Crippen LogP contribution in [0.3, 0.4) is 0 Å². The van der Waals surface area contributed by atoms with Gasteiger partial charge in [-0.3, -0.25) is 4.68 Å². The first kappa shape index (κ1) is 11.6. The zero-order chi connectivity index (χ0) is 10.4. The number of aromatic nitrogens is 2.